The highest BCUT2D eigenvalue weighted by Crippen LogP contribution is 2.32. The van der Waals surface area contributed by atoms with Crippen molar-refractivity contribution in [2.45, 2.75) is 26.7 Å². The smallest absolute Gasteiger partial charge is 0.227 e. The van der Waals surface area contributed by atoms with Gasteiger partial charge in [-0.2, -0.15) is 5.26 Å². The Morgan fingerprint density at radius 3 is 2.36 bits per heavy atom. The molecule has 0 heterocycles. The molecular formula is C20H22N2O3. The molecule has 0 unspecified atom stereocenters. The minimum Gasteiger partial charge on any atom is -0.493 e. The number of carbonyl (C=O) groups excluding carboxylic acids is 1. The molecule has 0 aliphatic carbocycles. The van der Waals surface area contributed by atoms with E-state index < -0.39 is 0 Å². The first kappa shape index (κ1) is 18.3. The first-order valence-corrected chi connectivity index (χ1v) is 8.28. The first-order chi connectivity index (χ1) is 12.1. The molecule has 0 spiro atoms. The highest BCUT2D eigenvalue weighted by molar-refractivity contribution is 5.92. The van der Waals surface area contributed by atoms with Crippen LogP contribution in [0.25, 0.3) is 0 Å². The summed E-state index contributed by atoms with van der Waals surface area (Å²) in [5.41, 5.74) is 1.24. The van der Waals surface area contributed by atoms with E-state index in [1.54, 1.807) is 42.5 Å². The second-order valence-corrected chi connectivity index (χ2v) is 5.61. The van der Waals surface area contributed by atoms with Crippen molar-refractivity contribution in [3.63, 3.8) is 0 Å². The molecule has 0 saturated heterocycles. The van der Waals surface area contributed by atoms with Crippen molar-refractivity contribution in [1.29, 1.82) is 5.26 Å². The molecule has 0 radical (unpaired) electrons. The van der Waals surface area contributed by atoms with E-state index in [2.05, 4.69) is 11.4 Å². The third kappa shape index (κ3) is 4.74. The molecule has 0 saturated carbocycles. The molecule has 0 aliphatic heterocycles. The number of anilines is 1. The maximum absolute atomic E-state index is 12.1. The maximum atomic E-state index is 12.1. The lowest BCUT2D eigenvalue weighted by Gasteiger charge is -2.14. The summed E-state index contributed by atoms with van der Waals surface area (Å²) in [4.78, 5) is 12.1. The number of methoxy groups -OCH3 is 1. The van der Waals surface area contributed by atoms with E-state index in [1.165, 1.54) is 7.11 Å². The van der Waals surface area contributed by atoms with Crippen LogP contribution in [0.3, 0.4) is 0 Å². The van der Waals surface area contributed by atoms with Gasteiger partial charge in [-0.1, -0.05) is 13.8 Å². The first-order valence-electron chi connectivity index (χ1n) is 8.28. The van der Waals surface area contributed by atoms with Gasteiger partial charge in [0.1, 0.15) is 5.75 Å². The standard InChI is InChI=1S/C20H22N2O3/c1-4-15(5-2)20(23)22-16-7-9-17(10-8-16)25-18-11-6-14(13-21)12-19(18)24-3/h6-12,15H,4-5H2,1-3H3,(H,22,23). The van der Waals surface area contributed by atoms with Crippen LogP contribution < -0.4 is 14.8 Å². The van der Waals surface area contributed by atoms with E-state index in [0.717, 1.165) is 18.5 Å². The monoisotopic (exact) mass is 338 g/mol. The van der Waals surface area contributed by atoms with Crippen molar-refractivity contribution < 1.29 is 14.3 Å². The van der Waals surface area contributed by atoms with Gasteiger partial charge < -0.3 is 14.8 Å². The van der Waals surface area contributed by atoms with Crippen molar-refractivity contribution in [3.05, 3.63) is 48.0 Å². The largest absolute Gasteiger partial charge is 0.493 e. The lowest BCUT2D eigenvalue weighted by molar-refractivity contribution is -0.120. The van der Waals surface area contributed by atoms with Gasteiger partial charge in [-0.15, -0.1) is 0 Å². The normalized spacial score (nSPS) is 10.2. The molecule has 5 heteroatoms. The molecule has 130 valence electrons. The molecule has 1 N–H and O–H groups in total. The maximum Gasteiger partial charge on any atom is 0.227 e. The summed E-state index contributed by atoms with van der Waals surface area (Å²) in [5, 5.41) is 11.9. The van der Waals surface area contributed by atoms with Crippen molar-refractivity contribution in [2.75, 3.05) is 12.4 Å². The van der Waals surface area contributed by atoms with Crippen molar-refractivity contribution in [2.24, 2.45) is 5.92 Å². The summed E-state index contributed by atoms with van der Waals surface area (Å²) in [7, 11) is 1.53. The Labute approximate surface area is 148 Å². The second-order valence-electron chi connectivity index (χ2n) is 5.61. The zero-order chi connectivity index (χ0) is 18.2. The molecule has 0 aromatic heterocycles. The fraction of sp³-hybridized carbons (Fsp3) is 0.300. The molecule has 2 aromatic rings. The Morgan fingerprint density at radius 2 is 1.80 bits per heavy atom. The molecule has 0 bridgehead atoms. The fourth-order valence-corrected chi connectivity index (χ4v) is 2.46. The zero-order valence-electron chi connectivity index (χ0n) is 14.7. The van der Waals surface area contributed by atoms with Crippen LogP contribution in [0.5, 0.6) is 17.2 Å². The van der Waals surface area contributed by atoms with E-state index in [1.807, 2.05) is 13.8 Å². The Balaban J connectivity index is 2.08. The van der Waals surface area contributed by atoms with Crippen LogP contribution in [-0.2, 0) is 4.79 Å². The number of nitrogens with zero attached hydrogens (tertiary/aromatic N) is 1. The molecule has 1 amide bonds. The van der Waals surface area contributed by atoms with Gasteiger partial charge in [0, 0.05) is 17.7 Å². The number of hydrogen-bond acceptors (Lipinski definition) is 4. The average Bonchev–Trinajstić information content (AvgIpc) is 2.64. The predicted molar refractivity (Wildman–Crippen MR) is 96.9 cm³/mol. The van der Waals surface area contributed by atoms with Gasteiger partial charge in [0.25, 0.3) is 0 Å². The molecule has 2 aromatic carbocycles. The van der Waals surface area contributed by atoms with Crippen LogP contribution >= 0.6 is 0 Å². The summed E-state index contributed by atoms with van der Waals surface area (Å²) in [6.07, 6.45) is 1.64. The summed E-state index contributed by atoms with van der Waals surface area (Å²) in [6, 6.07) is 14.2. The minimum atomic E-state index is 0.0267. The highest BCUT2D eigenvalue weighted by atomic mass is 16.5. The van der Waals surface area contributed by atoms with Gasteiger partial charge in [-0.05, 0) is 49.2 Å². The lowest BCUT2D eigenvalue weighted by atomic mass is 10.0. The number of nitriles is 1. The van der Waals surface area contributed by atoms with Crippen LogP contribution in [-0.4, -0.2) is 13.0 Å². The number of nitrogens with one attached hydrogen (secondary N) is 1. The summed E-state index contributed by atoms with van der Waals surface area (Å²) in [5.74, 6) is 1.69. The Morgan fingerprint density at radius 1 is 1.12 bits per heavy atom. The van der Waals surface area contributed by atoms with E-state index >= 15 is 0 Å². The third-order valence-corrected chi connectivity index (χ3v) is 4.00. The van der Waals surface area contributed by atoms with Gasteiger partial charge in [0.15, 0.2) is 11.5 Å². The fourth-order valence-electron chi connectivity index (χ4n) is 2.46. The van der Waals surface area contributed by atoms with Gasteiger partial charge in [0.05, 0.1) is 18.7 Å². The molecule has 0 aliphatic rings. The number of benzene rings is 2. The van der Waals surface area contributed by atoms with Crippen molar-refractivity contribution >= 4 is 11.6 Å². The van der Waals surface area contributed by atoms with Gasteiger partial charge >= 0.3 is 0 Å². The van der Waals surface area contributed by atoms with Crippen LogP contribution in [0.15, 0.2) is 42.5 Å². The van der Waals surface area contributed by atoms with Crippen molar-refractivity contribution in [3.8, 4) is 23.3 Å². The lowest BCUT2D eigenvalue weighted by Crippen LogP contribution is -2.21. The quantitative estimate of drug-likeness (QED) is 0.792. The number of amides is 1. The minimum absolute atomic E-state index is 0.0267. The number of hydrogen-bond donors (Lipinski definition) is 1. The molecule has 5 nitrogen and oxygen atoms in total. The zero-order valence-corrected chi connectivity index (χ0v) is 14.7. The number of rotatable bonds is 7. The molecule has 2 rings (SSSR count). The van der Waals surface area contributed by atoms with E-state index in [4.69, 9.17) is 14.7 Å². The SMILES string of the molecule is CCC(CC)C(=O)Nc1ccc(Oc2ccc(C#N)cc2OC)cc1. The van der Waals surface area contributed by atoms with Crippen LogP contribution in [0.4, 0.5) is 5.69 Å². The Bertz CT molecular complexity index is 760. The summed E-state index contributed by atoms with van der Waals surface area (Å²) < 4.78 is 11.1. The Hall–Kier alpha value is -3.00. The van der Waals surface area contributed by atoms with Crippen LogP contribution in [0, 0.1) is 17.2 Å². The van der Waals surface area contributed by atoms with Crippen LogP contribution in [0.2, 0.25) is 0 Å². The molecule has 0 fully saturated rings. The van der Waals surface area contributed by atoms with Gasteiger partial charge in [-0.25, -0.2) is 0 Å². The van der Waals surface area contributed by atoms with Gasteiger partial charge in [0.2, 0.25) is 5.91 Å². The molecule has 25 heavy (non-hydrogen) atoms. The number of ether oxygens (including phenoxy) is 2. The Kier molecular flexibility index (Phi) is 6.41. The second kappa shape index (κ2) is 8.74. The summed E-state index contributed by atoms with van der Waals surface area (Å²) >= 11 is 0. The van der Waals surface area contributed by atoms with Gasteiger partial charge in [-0.3, -0.25) is 4.79 Å². The van der Waals surface area contributed by atoms with E-state index in [0.29, 0.717) is 22.8 Å². The van der Waals surface area contributed by atoms with E-state index in [-0.39, 0.29) is 11.8 Å². The third-order valence-electron chi connectivity index (χ3n) is 4.00. The average molecular weight is 338 g/mol. The van der Waals surface area contributed by atoms with Crippen LogP contribution in [0.1, 0.15) is 32.3 Å². The summed E-state index contributed by atoms with van der Waals surface area (Å²) in [6.45, 7) is 4.02. The van der Waals surface area contributed by atoms with Crippen molar-refractivity contribution in [1.82, 2.24) is 0 Å². The predicted octanol–water partition coefficient (Wildman–Crippen LogP) is 4.73. The molecule has 0 atom stereocenters. The highest BCUT2D eigenvalue weighted by Gasteiger charge is 2.14. The molecular weight excluding hydrogens is 316 g/mol. The number of carbonyl (C=O) groups is 1. The van der Waals surface area contributed by atoms with E-state index in [9.17, 15) is 4.79 Å². The topological polar surface area (TPSA) is 71.3 Å².